The van der Waals surface area contributed by atoms with Crippen molar-refractivity contribution in [1.29, 1.82) is 0 Å². The molecule has 0 spiro atoms. The summed E-state index contributed by atoms with van der Waals surface area (Å²) in [4.78, 5) is 25.2. The van der Waals surface area contributed by atoms with Crippen molar-refractivity contribution in [2.75, 3.05) is 12.4 Å². The van der Waals surface area contributed by atoms with E-state index in [9.17, 15) is 9.59 Å². The van der Waals surface area contributed by atoms with Gasteiger partial charge in [0.15, 0.2) is 0 Å². The first kappa shape index (κ1) is 18.0. The van der Waals surface area contributed by atoms with E-state index in [1.165, 1.54) is 0 Å². The van der Waals surface area contributed by atoms with E-state index in [0.717, 1.165) is 5.52 Å². The molecule has 1 N–H and O–H groups in total. The Morgan fingerprint density at radius 1 is 1.12 bits per heavy atom. The summed E-state index contributed by atoms with van der Waals surface area (Å²) in [6.45, 7) is 4.03. The second kappa shape index (κ2) is 7.22. The Morgan fingerprint density at radius 3 is 2.42 bits per heavy atom. The van der Waals surface area contributed by atoms with Crippen LogP contribution in [0.1, 0.15) is 30.2 Å². The number of rotatable bonds is 5. The molecule has 0 aliphatic carbocycles. The van der Waals surface area contributed by atoms with Crippen LogP contribution >= 0.6 is 11.6 Å². The van der Waals surface area contributed by atoms with E-state index < -0.39 is 11.7 Å². The van der Waals surface area contributed by atoms with E-state index in [0.29, 0.717) is 27.4 Å². The lowest BCUT2D eigenvalue weighted by atomic mass is 10.1. The van der Waals surface area contributed by atoms with Crippen LogP contribution in [0.4, 0.5) is 5.69 Å². The second-order valence-electron chi connectivity index (χ2n) is 6.22. The van der Waals surface area contributed by atoms with E-state index >= 15 is 0 Å². The molecule has 0 radical (unpaired) electrons. The fourth-order valence-electron chi connectivity index (χ4n) is 2.82. The smallest absolute Gasteiger partial charge is 0.296 e. The van der Waals surface area contributed by atoms with Gasteiger partial charge in [-0.2, -0.15) is 0 Å². The van der Waals surface area contributed by atoms with Crippen LogP contribution in [0, 0.1) is 0 Å². The number of halogens is 1. The highest BCUT2D eigenvalue weighted by atomic mass is 35.5. The third-order valence-corrected chi connectivity index (χ3v) is 4.39. The average Bonchev–Trinajstić information content (AvgIpc) is 3.00. The highest BCUT2D eigenvalue weighted by Crippen LogP contribution is 2.28. The van der Waals surface area contributed by atoms with Crippen LogP contribution in [0.5, 0.6) is 5.75 Å². The number of methoxy groups -OCH3 is 1. The number of benzene rings is 2. The van der Waals surface area contributed by atoms with Crippen LogP contribution in [0.2, 0.25) is 5.02 Å². The summed E-state index contributed by atoms with van der Waals surface area (Å²) in [5.41, 5.74) is 1.72. The van der Waals surface area contributed by atoms with Crippen LogP contribution < -0.4 is 10.1 Å². The first-order valence-electron chi connectivity index (χ1n) is 8.20. The minimum atomic E-state index is -0.696. The lowest BCUT2D eigenvalue weighted by Gasteiger charge is -2.08. The molecule has 5 nitrogen and oxygen atoms in total. The van der Waals surface area contributed by atoms with E-state index in [1.807, 2.05) is 24.5 Å². The van der Waals surface area contributed by atoms with Crippen LogP contribution in [-0.4, -0.2) is 23.4 Å². The molecule has 134 valence electrons. The first-order chi connectivity index (χ1) is 12.4. The maximum absolute atomic E-state index is 12.7. The van der Waals surface area contributed by atoms with Crippen molar-refractivity contribution in [2.45, 2.75) is 19.9 Å². The van der Waals surface area contributed by atoms with Gasteiger partial charge in [0, 0.05) is 33.9 Å². The Morgan fingerprint density at radius 2 is 1.81 bits per heavy atom. The van der Waals surface area contributed by atoms with Crippen molar-refractivity contribution in [3.8, 4) is 5.75 Å². The van der Waals surface area contributed by atoms with Crippen LogP contribution in [0.25, 0.3) is 10.9 Å². The Hall–Kier alpha value is -2.79. The number of ketones is 1. The average molecular weight is 371 g/mol. The SMILES string of the molecule is COc1ccc(NC(=O)C(=O)c2cn(C(C)C)c3ccc(Cl)cc23)cc1. The van der Waals surface area contributed by atoms with Gasteiger partial charge >= 0.3 is 0 Å². The van der Waals surface area contributed by atoms with Gasteiger partial charge in [-0.1, -0.05) is 11.6 Å². The van der Waals surface area contributed by atoms with Gasteiger partial charge in [0.2, 0.25) is 0 Å². The van der Waals surface area contributed by atoms with Crippen molar-refractivity contribution in [3.05, 3.63) is 59.2 Å². The summed E-state index contributed by atoms with van der Waals surface area (Å²) in [7, 11) is 1.56. The minimum absolute atomic E-state index is 0.143. The number of hydrogen-bond donors (Lipinski definition) is 1. The van der Waals surface area contributed by atoms with Crippen molar-refractivity contribution in [2.24, 2.45) is 0 Å². The molecule has 1 heterocycles. The molecule has 0 atom stereocenters. The Bertz CT molecular complexity index is 975. The first-order valence-corrected chi connectivity index (χ1v) is 8.58. The van der Waals surface area contributed by atoms with E-state index in [2.05, 4.69) is 5.32 Å². The molecule has 0 bridgehead atoms. The zero-order valence-electron chi connectivity index (χ0n) is 14.7. The van der Waals surface area contributed by atoms with Gasteiger partial charge in [0.05, 0.1) is 12.7 Å². The number of Topliss-reactive ketones (excluding diaryl/α,β-unsaturated/α-hetero) is 1. The number of carbonyl (C=O) groups is 2. The van der Waals surface area contributed by atoms with Crippen LogP contribution in [-0.2, 0) is 4.79 Å². The molecular weight excluding hydrogens is 352 g/mol. The Labute approximate surface area is 156 Å². The fraction of sp³-hybridized carbons (Fsp3) is 0.200. The summed E-state index contributed by atoms with van der Waals surface area (Å²) in [5, 5.41) is 3.81. The maximum atomic E-state index is 12.7. The van der Waals surface area contributed by atoms with Gasteiger partial charge in [-0.15, -0.1) is 0 Å². The van der Waals surface area contributed by atoms with Gasteiger partial charge in [-0.25, -0.2) is 0 Å². The van der Waals surface area contributed by atoms with Gasteiger partial charge in [0.1, 0.15) is 5.75 Å². The summed E-state index contributed by atoms with van der Waals surface area (Å²) in [5.74, 6) is -0.630. The topological polar surface area (TPSA) is 60.3 Å². The molecule has 26 heavy (non-hydrogen) atoms. The summed E-state index contributed by atoms with van der Waals surface area (Å²) < 4.78 is 7.04. The summed E-state index contributed by atoms with van der Waals surface area (Å²) >= 11 is 6.09. The number of anilines is 1. The van der Waals surface area contributed by atoms with E-state index in [-0.39, 0.29) is 6.04 Å². The zero-order valence-corrected chi connectivity index (χ0v) is 15.5. The molecule has 0 saturated carbocycles. The lowest BCUT2D eigenvalue weighted by Crippen LogP contribution is -2.22. The number of fused-ring (bicyclic) bond motifs is 1. The van der Waals surface area contributed by atoms with Gasteiger partial charge in [-0.05, 0) is 56.3 Å². The summed E-state index contributed by atoms with van der Waals surface area (Å²) in [6, 6.07) is 12.3. The van der Waals surface area contributed by atoms with Crippen molar-refractivity contribution in [1.82, 2.24) is 4.57 Å². The lowest BCUT2D eigenvalue weighted by molar-refractivity contribution is -0.112. The van der Waals surface area contributed by atoms with E-state index in [4.69, 9.17) is 16.3 Å². The van der Waals surface area contributed by atoms with Crippen molar-refractivity contribution in [3.63, 3.8) is 0 Å². The van der Waals surface area contributed by atoms with Gasteiger partial charge in [0.25, 0.3) is 11.7 Å². The number of aromatic nitrogens is 1. The molecule has 1 aromatic heterocycles. The number of nitrogens with one attached hydrogen (secondary N) is 1. The Kier molecular flexibility index (Phi) is 5.00. The molecule has 3 aromatic rings. The predicted molar refractivity (Wildman–Crippen MR) is 103 cm³/mol. The quantitative estimate of drug-likeness (QED) is 0.522. The molecular formula is C20H19ClN2O3. The van der Waals surface area contributed by atoms with Crippen LogP contribution in [0.3, 0.4) is 0 Å². The monoisotopic (exact) mass is 370 g/mol. The van der Waals surface area contributed by atoms with Crippen molar-refractivity contribution >= 4 is 39.9 Å². The van der Waals surface area contributed by atoms with Gasteiger partial charge < -0.3 is 14.6 Å². The summed E-state index contributed by atoms with van der Waals surface area (Å²) in [6.07, 6.45) is 1.71. The minimum Gasteiger partial charge on any atom is -0.497 e. The van der Waals surface area contributed by atoms with E-state index in [1.54, 1.807) is 49.7 Å². The van der Waals surface area contributed by atoms with Crippen molar-refractivity contribution < 1.29 is 14.3 Å². The number of ether oxygens (including phenoxy) is 1. The Balaban J connectivity index is 1.93. The number of carbonyl (C=O) groups excluding carboxylic acids is 2. The molecule has 2 aromatic carbocycles. The molecule has 0 fully saturated rings. The maximum Gasteiger partial charge on any atom is 0.296 e. The number of nitrogens with zero attached hydrogens (tertiary/aromatic N) is 1. The third kappa shape index (κ3) is 3.44. The molecule has 6 heteroatoms. The standard InChI is InChI=1S/C20H19ClN2O3/c1-12(2)23-11-17(16-10-13(21)4-9-18(16)23)19(24)20(25)22-14-5-7-15(26-3)8-6-14/h4-12H,1-3H3,(H,22,25). The molecule has 0 aliphatic rings. The molecule has 0 aliphatic heterocycles. The molecule has 1 amide bonds. The molecule has 3 rings (SSSR count). The predicted octanol–water partition coefficient (Wildman–Crippen LogP) is 4.71. The second-order valence-corrected chi connectivity index (χ2v) is 6.65. The number of hydrogen-bond acceptors (Lipinski definition) is 3. The number of amides is 1. The normalized spacial score (nSPS) is 11.0. The molecule has 0 saturated heterocycles. The van der Waals surface area contributed by atoms with Crippen LogP contribution in [0.15, 0.2) is 48.7 Å². The van der Waals surface area contributed by atoms with Gasteiger partial charge in [-0.3, -0.25) is 9.59 Å². The highest BCUT2D eigenvalue weighted by Gasteiger charge is 2.22. The largest absolute Gasteiger partial charge is 0.497 e. The third-order valence-electron chi connectivity index (χ3n) is 4.15. The fourth-order valence-corrected chi connectivity index (χ4v) is 2.99. The highest BCUT2D eigenvalue weighted by molar-refractivity contribution is 6.48. The zero-order chi connectivity index (χ0) is 18.8. The molecule has 0 unspecified atom stereocenters.